The zero-order chi connectivity index (χ0) is 46.9. The van der Waals surface area contributed by atoms with Gasteiger partial charge in [-0.05, 0) is 167 Å². The average Bonchev–Trinajstić information content (AvgIpc) is 3.43. The van der Waals surface area contributed by atoms with Crippen LogP contribution in [0, 0.1) is 0 Å². The summed E-state index contributed by atoms with van der Waals surface area (Å²) in [5.41, 5.74) is 21.4. The van der Waals surface area contributed by atoms with Gasteiger partial charge >= 0.3 is 0 Å². The minimum absolute atomic E-state index is 0.411. The molecule has 2 nitrogen and oxygen atoms in total. The minimum atomic E-state index is 0.411. The van der Waals surface area contributed by atoms with Crippen molar-refractivity contribution in [3.05, 3.63) is 300 Å². The molecule has 340 valence electrons. The van der Waals surface area contributed by atoms with E-state index in [1.807, 2.05) is 0 Å². The Morgan fingerprint density at radius 1 is 0.371 bits per heavy atom. The highest BCUT2D eigenvalue weighted by molar-refractivity contribution is 5.80. The molecule has 8 aromatic rings. The van der Waals surface area contributed by atoms with Gasteiger partial charge in [0, 0.05) is 40.1 Å². The first-order chi connectivity index (χ1) is 34.7. The van der Waals surface area contributed by atoms with Crippen molar-refractivity contribution in [3.63, 3.8) is 0 Å². The molecule has 0 fully saturated rings. The molecule has 0 aromatic heterocycles. The largest absolute Gasteiger partial charge is 0.314 e. The van der Waals surface area contributed by atoms with Gasteiger partial charge in [-0.3, -0.25) is 0 Å². The summed E-state index contributed by atoms with van der Waals surface area (Å²) in [6, 6.07) is 76.1. The highest BCUT2D eigenvalue weighted by Crippen LogP contribution is 2.40. The quantitative estimate of drug-likeness (QED) is 0.107. The molecule has 11 rings (SSSR count). The number of anilines is 5. The second-order valence-corrected chi connectivity index (χ2v) is 18.8. The van der Waals surface area contributed by atoms with Crippen molar-refractivity contribution in [3.8, 4) is 22.3 Å². The van der Waals surface area contributed by atoms with Gasteiger partial charge in [0.15, 0.2) is 0 Å². The Kier molecular flexibility index (Phi) is 13.3. The lowest BCUT2D eigenvalue weighted by Crippen LogP contribution is -2.18. The van der Waals surface area contributed by atoms with Crippen molar-refractivity contribution in [1.82, 2.24) is 0 Å². The monoisotopic (exact) mass is 902 g/mol. The van der Waals surface area contributed by atoms with E-state index in [4.69, 9.17) is 0 Å². The third kappa shape index (κ3) is 10.3. The Morgan fingerprint density at radius 2 is 0.929 bits per heavy atom. The molecule has 0 aliphatic heterocycles. The highest BCUT2D eigenvalue weighted by atomic mass is 15.2. The topological polar surface area (TPSA) is 6.48 Å². The van der Waals surface area contributed by atoms with Gasteiger partial charge in [0.1, 0.15) is 0 Å². The van der Waals surface area contributed by atoms with Crippen molar-refractivity contribution >= 4 is 34.0 Å². The van der Waals surface area contributed by atoms with E-state index in [0.29, 0.717) is 5.92 Å². The fourth-order valence-electron chi connectivity index (χ4n) is 10.3. The second-order valence-electron chi connectivity index (χ2n) is 18.8. The van der Waals surface area contributed by atoms with Crippen molar-refractivity contribution < 1.29 is 0 Å². The number of hydrogen-bond donors (Lipinski definition) is 0. The molecule has 70 heavy (non-hydrogen) atoms. The first kappa shape index (κ1) is 44.3. The fourth-order valence-corrected chi connectivity index (χ4v) is 10.3. The van der Waals surface area contributed by atoms with Crippen molar-refractivity contribution in [2.24, 2.45) is 0 Å². The lowest BCUT2D eigenvalue weighted by Gasteiger charge is -2.30. The van der Waals surface area contributed by atoms with Crippen LogP contribution in [0.5, 0.6) is 0 Å². The Labute approximate surface area is 414 Å². The van der Waals surface area contributed by atoms with Crippen LogP contribution in [0.4, 0.5) is 28.4 Å². The van der Waals surface area contributed by atoms with Crippen LogP contribution in [0.2, 0.25) is 0 Å². The molecule has 0 heterocycles. The first-order valence-electron chi connectivity index (χ1n) is 25.0. The minimum Gasteiger partial charge on any atom is -0.314 e. The number of benzene rings is 8. The van der Waals surface area contributed by atoms with Crippen LogP contribution < -0.4 is 9.80 Å². The lowest BCUT2D eigenvalue weighted by atomic mass is 9.92. The third-order valence-electron chi connectivity index (χ3n) is 14.0. The maximum absolute atomic E-state index is 2.47. The van der Waals surface area contributed by atoms with Gasteiger partial charge in [0.2, 0.25) is 0 Å². The molecule has 2 heteroatoms. The molecule has 1 atom stereocenters. The predicted molar refractivity (Wildman–Crippen MR) is 297 cm³/mol. The Hall–Kier alpha value is -8.20. The van der Waals surface area contributed by atoms with E-state index in [0.717, 1.165) is 62.0 Å². The van der Waals surface area contributed by atoms with Crippen LogP contribution in [-0.4, -0.2) is 0 Å². The molecule has 0 N–H and O–H groups in total. The van der Waals surface area contributed by atoms with Crippen LogP contribution >= 0.6 is 0 Å². The van der Waals surface area contributed by atoms with E-state index < -0.39 is 0 Å². The zero-order valence-corrected chi connectivity index (χ0v) is 39.7. The summed E-state index contributed by atoms with van der Waals surface area (Å²) in [6.45, 7) is 0. The molecular formula is C68H58N2. The van der Waals surface area contributed by atoms with Crippen molar-refractivity contribution in [1.29, 1.82) is 0 Å². The summed E-state index contributed by atoms with van der Waals surface area (Å²) in [7, 11) is 0. The van der Waals surface area contributed by atoms with Gasteiger partial charge in [0.05, 0.1) is 0 Å². The van der Waals surface area contributed by atoms with Gasteiger partial charge < -0.3 is 9.80 Å². The maximum Gasteiger partial charge on any atom is 0.0464 e. The standard InChI is InChI=1S/C68H58N2/c1-5-15-51(16-6-1)47-53-19-13-25-67(49-53)69(63-39-31-59(32-40-63)55-21-9-3-10-22-55)65-43-35-61(36-44-65)57-27-29-58(30-28-57)62-37-45-66(46-38-62)70(64-41-33-60(34-42-64)56-23-11-4-12-24-56)68-26-14-20-54(50-68)48-52-17-7-2-8-18-52/h1-7,9-17,19-21,23-33,35-41,43-46,49-50,55H,8,18,22,34,42,47-48H2. The van der Waals surface area contributed by atoms with Gasteiger partial charge in [-0.1, -0.05) is 200 Å². The fraction of sp³-hybridized carbons (Fsp3) is 0.118. The van der Waals surface area contributed by atoms with Gasteiger partial charge in [-0.2, -0.15) is 0 Å². The van der Waals surface area contributed by atoms with Crippen LogP contribution in [-0.2, 0) is 12.8 Å². The third-order valence-corrected chi connectivity index (χ3v) is 14.0. The van der Waals surface area contributed by atoms with Gasteiger partial charge in [-0.15, -0.1) is 0 Å². The first-order valence-corrected chi connectivity index (χ1v) is 25.0. The predicted octanol–water partition coefficient (Wildman–Crippen LogP) is 18.4. The molecule has 0 saturated carbocycles. The molecule has 0 radical (unpaired) electrons. The number of nitrogens with zero attached hydrogens (tertiary/aromatic N) is 2. The normalized spacial score (nSPS) is 15.2. The molecule has 8 aromatic carbocycles. The van der Waals surface area contributed by atoms with Gasteiger partial charge in [0.25, 0.3) is 0 Å². The molecule has 1 unspecified atom stereocenters. The molecule has 0 bridgehead atoms. The summed E-state index contributed by atoms with van der Waals surface area (Å²) in [6.07, 6.45) is 27.4. The lowest BCUT2D eigenvalue weighted by molar-refractivity contribution is 0.854. The van der Waals surface area contributed by atoms with Crippen LogP contribution in [0.25, 0.3) is 27.8 Å². The summed E-state index contributed by atoms with van der Waals surface area (Å²) in [4.78, 5) is 4.86. The summed E-state index contributed by atoms with van der Waals surface area (Å²) >= 11 is 0. The summed E-state index contributed by atoms with van der Waals surface area (Å²) < 4.78 is 0. The van der Waals surface area contributed by atoms with E-state index in [2.05, 4.69) is 271 Å². The molecule has 3 aliphatic carbocycles. The summed E-state index contributed by atoms with van der Waals surface area (Å²) in [5.74, 6) is 0.411. The summed E-state index contributed by atoms with van der Waals surface area (Å²) in [5, 5.41) is 0. The number of hydrogen-bond acceptors (Lipinski definition) is 2. The average molecular weight is 903 g/mol. The zero-order valence-electron chi connectivity index (χ0n) is 39.7. The second kappa shape index (κ2) is 21.0. The van der Waals surface area contributed by atoms with E-state index in [9.17, 15) is 0 Å². The van der Waals surface area contributed by atoms with Crippen molar-refractivity contribution in [2.75, 3.05) is 9.80 Å². The Bertz CT molecular complexity index is 3240. The van der Waals surface area contributed by atoms with Crippen molar-refractivity contribution in [2.45, 2.75) is 50.9 Å². The van der Waals surface area contributed by atoms with E-state index >= 15 is 0 Å². The number of rotatable bonds is 14. The molecule has 0 saturated heterocycles. The van der Waals surface area contributed by atoms with Crippen LogP contribution in [0.15, 0.2) is 272 Å². The molecule has 0 amide bonds. The SMILES string of the molecule is C1=CCCC(Cc2cccc(N(C3=CC=C(c4ccccc4)CC3)c3ccc(-c4ccc(-c5ccc(N(c6ccc(C7C=CC=CC7)cc6)c6cccc(Cc7ccccc7)c6)cc5)cc4)cc3)c2)=C1. The number of allylic oxidation sites excluding steroid dienone is 12. The molecule has 0 spiro atoms. The van der Waals surface area contributed by atoms with Crippen LogP contribution in [0.3, 0.4) is 0 Å². The maximum atomic E-state index is 2.47. The van der Waals surface area contributed by atoms with E-state index in [1.165, 1.54) is 78.3 Å². The Morgan fingerprint density at radius 3 is 1.50 bits per heavy atom. The highest BCUT2D eigenvalue weighted by Gasteiger charge is 2.20. The van der Waals surface area contributed by atoms with E-state index in [-0.39, 0.29) is 0 Å². The molecular weight excluding hydrogens is 845 g/mol. The van der Waals surface area contributed by atoms with Gasteiger partial charge in [-0.25, -0.2) is 0 Å². The van der Waals surface area contributed by atoms with E-state index in [1.54, 1.807) is 0 Å². The molecule has 3 aliphatic rings. The van der Waals surface area contributed by atoms with Crippen LogP contribution in [0.1, 0.15) is 65.8 Å². The Balaban J connectivity index is 0.848. The smallest absolute Gasteiger partial charge is 0.0464 e.